The van der Waals surface area contributed by atoms with Gasteiger partial charge in [-0.25, -0.2) is 0 Å². The van der Waals surface area contributed by atoms with Crippen LogP contribution in [0.2, 0.25) is 0 Å². The molecule has 0 aromatic heterocycles. The molecular formula is C11H14O2. The molecule has 1 aromatic rings. The summed E-state index contributed by atoms with van der Waals surface area (Å²) in [6.45, 7) is 7.15. The number of aryl methyl sites for hydroxylation is 1. The van der Waals surface area contributed by atoms with Gasteiger partial charge in [0.2, 0.25) is 0 Å². The van der Waals surface area contributed by atoms with Crippen molar-refractivity contribution in [1.29, 1.82) is 0 Å². The normalized spacial score (nSPS) is 10.0. The van der Waals surface area contributed by atoms with Crippen molar-refractivity contribution in [2.45, 2.75) is 20.3 Å². The van der Waals surface area contributed by atoms with Crippen LogP contribution in [0.25, 0.3) is 0 Å². The Morgan fingerprint density at radius 2 is 2.00 bits per heavy atom. The number of benzene rings is 1. The third kappa shape index (κ3) is 1.66. The SMILES string of the molecule is C=CCc1c(O)cc(C)c(O)c1C. The Kier molecular flexibility index (Phi) is 2.61. The zero-order valence-electron chi connectivity index (χ0n) is 7.96. The molecule has 70 valence electrons. The fourth-order valence-electron chi connectivity index (χ4n) is 1.39. The van der Waals surface area contributed by atoms with Gasteiger partial charge < -0.3 is 10.2 Å². The fourth-order valence-corrected chi connectivity index (χ4v) is 1.39. The smallest absolute Gasteiger partial charge is 0.121 e. The molecule has 1 rings (SSSR count). The molecule has 13 heavy (non-hydrogen) atoms. The highest BCUT2D eigenvalue weighted by atomic mass is 16.3. The van der Waals surface area contributed by atoms with Gasteiger partial charge in [-0.15, -0.1) is 6.58 Å². The largest absolute Gasteiger partial charge is 0.508 e. The lowest BCUT2D eigenvalue weighted by Gasteiger charge is -2.10. The molecule has 0 aliphatic carbocycles. The average molecular weight is 178 g/mol. The monoisotopic (exact) mass is 178 g/mol. The first-order chi connectivity index (χ1) is 6.07. The van der Waals surface area contributed by atoms with Gasteiger partial charge in [0.05, 0.1) is 0 Å². The summed E-state index contributed by atoms with van der Waals surface area (Å²) in [7, 11) is 0. The Balaban J connectivity index is 3.34. The van der Waals surface area contributed by atoms with E-state index in [-0.39, 0.29) is 11.5 Å². The molecule has 2 N–H and O–H groups in total. The highest BCUT2D eigenvalue weighted by Gasteiger charge is 2.10. The molecule has 0 unspecified atom stereocenters. The van der Waals surface area contributed by atoms with E-state index in [9.17, 15) is 10.2 Å². The summed E-state index contributed by atoms with van der Waals surface area (Å²) in [4.78, 5) is 0. The molecule has 0 amide bonds. The van der Waals surface area contributed by atoms with Crippen LogP contribution in [0, 0.1) is 13.8 Å². The van der Waals surface area contributed by atoms with Crippen LogP contribution in [-0.2, 0) is 6.42 Å². The summed E-state index contributed by atoms with van der Waals surface area (Å²) in [5.41, 5.74) is 2.18. The first kappa shape index (κ1) is 9.65. The van der Waals surface area contributed by atoms with Crippen LogP contribution in [-0.4, -0.2) is 10.2 Å². The van der Waals surface area contributed by atoms with E-state index in [4.69, 9.17) is 0 Å². The Morgan fingerprint density at radius 3 is 2.54 bits per heavy atom. The van der Waals surface area contributed by atoms with Crippen LogP contribution >= 0.6 is 0 Å². The summed E-state index contributed by atoms with van der Waals surface area (Å²) < 4.78 is 0. The number of aromatic hydroxyl groups is 2. The molecule has 0 bridgehead atoms. The van der Waals surface area contributed by atoms with E-state index in [2.05, 4.69) is 6.58 Å². The topological polar surface area (TPSA) is 40.5 Å². The standard InChI is InChI=1S/C11H14O2/c1-4-5-9-8(3)11(13)7(2)6-10(9)12/h4,6,12-13H,1,5H2,2-3H3. The van der Waals surface area contributed by atoms with Gasteiger partial charge in [0.1, 0.15) is 11.5 Å². The minimum atomic E-state index is 0.229. The lowest BCUT2D eigenvalue weighted by molar-refractivity contribution is 0.448. The molecular weight excluding hydrogens is 164 g/mol. The second-order valence-corrected chi connectivity index (χ2v) is 3.16. The molecule has 2 heteroatoms. The molecule has 0 saturated heterocycles. The molecule has 0 aliphatic heterocycles. The Bertz CT molecular complexity index is 340. The lowest BCUT2D eigenvalue weighted by atomic mass is 10.0. The van der Waals surface area contributed by atoms with Crippen molar-refractivity contribution < 1.29 is 10.2 Å². The first-order valence-electron chi connectivity index (χ1n) is 4.19. The maximum atomic E-state index is 9.59. The minimum absolute atomic E-state index is 0.229. The van der Waals surface area contributed by atoms with Crippen molar-refractivity contribution in [2.75, 3.05) is 0 Å². The van der Waals surface area contributed by atoms with Gasteiger partial charge in [-0.3, -0.25) is 0 Å². The second kappa shape index (κ2) is 3.52. The van der Waals surface area contributed by atoms with E-state index in [1.54, 1.807) is 26.0 Å². The second-order valence-electron chi connectivity index (χ2n) is 3.16. The highest BCUT2D eigenvalue weighted by molar-refractivity contribution is 5.51. The van der Waals surface area contributed by atoms with E-state index in [0.717, 1.165) is 11.1 Å². The molecule has 0 fully saturated rings. The summed E-state index contributed by atoms with van der Waals surface area (Å²) in [6, 6.07) is 1.57. The maximum absolute atomic E-state index is 9.59. The minimum Gasteiger partial charge on any atom is -0.508 e. The first-order valence-corrected chi connectivity index (χ1v) is 4.19. The van der Waals surface area contributed by atoms with Crippen molar-refractivity contribution in [3.8, 4) is 11.5 Å². The van der Waals surface area contributed by atoms with Crippen LogP contribution in [0.4, 0.5) is 0 Å². The summed E-state index contributed by atoms with van der Waals surface area (Å²) >= 11 is 0. The van der Waals surface area contributed by atoms with Crippen molar-refractivity contribution in [3.63, 3.8) is 0 Å². The number of hydrogen-bond donors (Lipinski definition) is 2. The molecule has 1 aromatic carbocycles. The van der Waals surface area contributed by atoms with Gasteiger partial charge in [-0.1, -0.05) is 6.08 Å². The van der Waals surface area contributed by atoms with Gasteiger partial charge in [0.25, 0.3) is 0 Å². The fraction of sp³-hybridized carbons (Fsp3) is 0.273. The number of hydrogen-bond acceptors (Lipinski definition) is 2. The van der Waals surface area contributed by atoms with Gasteiger partial charge >= 0.3 is 0 Å². The number of rotatable bonds is 2. The van der Waals surface area contributed by atoms with E-state index in [1.807, 2.05) is 0 Å². The van der Waals surface area contributed by atoms with Crippen LogP contribution < -0.4 is 0 Å². The van der Waals surface area contributed by atoms with E-state index >= 15 is 0 Å². The van der Waals surface area contributed by atoms with Crippen molar-refractivity contribution in [2.24, 2.45) is 0 Å². The number of phenolic OH excluding ortho intramolecular Hbond substituents is 2. The zero-order valence-corrected chi connectivity index (χ0v) is 7.96. The molecule has 0 spiro atoms. The van der Waals surface area contributed by atoms with E-state index < -0.39 is 0 Å². The third-order valence-electron chi connectivity index (χ3n) is 2.19. The molecule has 0 aliphatic rings. The van der Waals surface area contributed by atoms with Crippen LogP contribution in [0.15, 0.2) is 18.7 Å². The number of allylic oxidation sites excluding steroid dienone is 1. The summed E-state index contributed by atoms with van der Waals surface area (Å²) in [5.74, 6) is 0.488. The van der Waals surface area contributed by atoms with Crippen LogP contribution in [0.3, 0.4) is 0 Å². The Labute approximate surface area is 78.2 Å². The summed E-state index contributed by atoms with van der Waals surface area (Å²) in [5, 5.41) is 19.2. The Hall–Kier alpha value is -1.44. The maximum Gasteiger partial charge on any atom is 0.121 e. The Morgan fingerprint density at radius 1 is 1.38 bits per heavy atom. The van der Waals surface area contributed by atoms with Gasteiger partial charge in [0, 0.05) is 5.56 Å². The number of phenols is 2. The van der Waals surface area contributed by atoms with E-state index in [1.165, 1.54) is 0 Å². The van der Waals surface area contributed by atoms with Crippen LogP contribution in [0.1, 0.15) is 16.7 Å². The molecule has 0 radical (unpaired) electrons. The lowest BCUT2D eigenvalue weighted by Crippen LogP contribution is -1.91. The quantitative estimate of drug-likeness (QED) is 0.539. The molecule has 2 nitrogen and oxygen atoms in total. The van der Waals surface area contributed by atoms with Crippen molar-refractivity contribution in [1.82, 2.24) is 0 Å². The zero-order chi connectivity index (χ0) is 10.0. The molecule has 0 atom stereocenters. The highest BCUT2D eigenvalue weighted by Crippen LogP contribution is 2.32. The average Bonchev–Trinajstić information content (AvgIpc) is 2.09. The van der Waals surface area contributed by atoms with Crippen molar-refractivity contribution >= 4 is 0 Å². The summed E-state index contributed by atoms with van der Waals surface area (Å²) in [6.07, 6.45) is 2.28. The van der Waals surface area contributed by atoms with Crippen molar-refractivity contribution in [3.05, 3.63) is 35.4 Å². The van der Waals surface area contributed by atoms with Crippen LogP contribution in [0.5, 0.6) is 11.5 Å². The third-order valence-corrected chi connectivity index (χ3v) is 2.19. The van der Waals surface area contributed by atoms with Gasteiger partial charge in [0.15, 0.2) is 0 Å². The van der Waals surface area contributed by atoms with E-state index in [0.29, 0.717) is 12.0 Å². The van der Waals surface area contributed by atoms with Gasteiger partial charge in [-0.2, -0.15) is 0 Å². The predicted octanol–water partition coefficient (Wildman–Crippen LogP) is 2.44. The molecule has 0 saturated carbocycles. The van der Waals surface area contributed by atoms with Gasteiger partial charge in [-0.05, 0) is 37.5 Å². The molecule has 0 heterocycles. The predicted molar refractivity (Wildman–Crippen MR) is 53.1 cm³/mol.